The van der Waals surface area contributed by atoms with Gasteiger partial charge in [0.2, 0.25) is 0 Å². The van der Waals surface area contributed by atoms with Crippen molar-refractivity contribution in [2.45, 2.75) is 0 Å². The second-order valence-corrected chi connectivity index (χ2v) is 14.8. The summed E-state index contributed by atoms with van der Waals surface area (Å²) in [5, 5.41) is 1.87. The summed E-state index contributed by atoms with van der Waals surface area (Å²) in [7, 11) is 5.52. The second-order valence-electron chi connectivity index (χ2n) is 12.7. The Morgan fingerprint density at radius 1 is 0.380 bits per heavy atom. The average Bonchev–Trinajstić information content (AvgIpc) is 3.75. The molecule has 12 nitrogen and oxygen atoms in total. The lowest BCUT2D eigenvalue weighted by Gasteiger charge is -2.30. The Morgan fingerprint density at radius 2 is 0.640 bits per heavy atom. The van der Waals surface area contributed by atoms with E-state index in [4.69, 9.17) is 0 Å². The third kappa shape index (κ3) is 3.03. The maximum Gasteiger partial charge on any atom is 0.262 e. The molecule has 14 heteroatoms. The molecule has 10 rings (SSSR count). The number of nitrogens with zero attached hydrogens (tertiary/aromatic N) is 4. The van der Waals surface area contributed by atoms with Gasteiger partial charge in [-0.05, 0) is 36.4 Å². The van der Waals surface area contributed by atoms with E-state index in [-0.39, 0.29) is 66.1 Å². The van der Waals surface area contributed by atoms with Crippen molar-refractivity contribution in [1.82, 2.24) is 19.6 Å². The van der Waals surface area contributed by atoms with Crippen molar-refractivity contribution in [2.75, 3.05) is 28.2 Å². The largest absolute Gasteiger partial charge is 0.277 e. The van der Waals surface area contributed by atoms with Crippen LogP contribution in [0.25, 0.3) is 51.5 Å². The molecular formula is C36H18N4O8S2. The fraction of sp³-hybridized carbons (Fsp3) is 0.111. The van der Waals surface area contributed by atoms with Crippen molar-refractivity contribution in [3.8, 4) is 9.75 Å². The third-order valence-electron chi connectivity index (χ3n) is 10.3. The molecule has 0 fully saturated rings. The standard InChI is InChI=1S/C36H18N4O8S2/c1-37-29(41)11-5-7-13-21-19(11)23(33(37)45)15-9-17(49-27(15)25(21)35(47)39(3)31(13)43)18-10-16-24-20-12(30(42)38(2)34(24)46)6-8-14-22(20)26(28(16)50-18)36(48)40(4)32(14)44/h5-10H,1-4H3. The van der Waals surface area contributed by atoms with Crippen molar-refractivity contribution in [3.63, 3.8) is 0 Å². The van der Waals surface area contributed by atoms with Gasteiger partial charge in [-0.15, -0.1) is 22.7 Å². The lowest BCUT2D eigenvalue weighted by molar-refractivity contribution is 0.0631. The zero-order valence-corrected chi connectivity index (χ0v) is 28.0. The molecule has 4 aliphatic heterocycles. The van der Waals surface area contributed by atoms with Crippen LogP contribution in [-0.2, 0) is 0 Å². The number of hydrogen-bond donors (Lipinski definition) is 0. The highest BCUT2D eigenvalue weighted by Crippen LogP contribution is 2.51. The van der Waals surface area contributed by atoms with Gasteiger partial charge in [0.05, 0.1) is 22.3 Å². The van der Waals surface area contributed by atoms with E-state index < -0.39 is 47.3 Å². The summed E-state index contributed by atoms with van der Waals surface area (Å²) in [5.41, 5.74) is 1.62. The number of rotatable bonds is 1. The molecule has 50 heavy (non-hydrogen) atoms. The van der Waals surface area contributed by atoms with E-state index in [9.17, 15) is 38.4 Å². The normalized spacial score (nSPS) is 17.0. The van der Waals surface area contributed by atoms with Gasteiger partial charge in [-0.3, -0.25) is 58.0 Å². The number of hydrogen-bond acceptors (Lipinski definition) is 10. The van der Waals surface area contributed by atoms with Gasteiger partial charge < -0.3 is 0 Å². The maximum atomic E-state index is 13.8. The predicted molar refractivity (Wildman–Crippen MR) is 183 cm³/mol. The Morgan fingerprint density at radius 3 is 0.940 bits per heavy atom. The van der Waals surface area contributed by atoms with E-state index in [1.807, 2.05) is 0 Å². The molecule has 0 spiro atoms. The molecule has 242 valence electrons. The number of carbonyl (C=O) groups excluding carboxylic acids is 8. The van der Waals surface area contributed by atoms with Gasteiger partial charge in [0.25, 0.3) is 47.3 Å². The number of carbonyl (C=O) groups is 8. The van der Waals surface area contributed by atoms with E-state index in [1.165, 1.54) is 75.1 Å². The molecule has 0 saturated heterocycles. The summed E-state index contributed by atoms with van der Waals surface area (Å²) in [6.07, 6.45) is 0. The van der Waals surface area contributed by atoms with Gasteiger partial charge in [-0.25, -0.2) is 0 Å². The molecule has 6 aromatic rings. The Hall–Kier alpha value is -6.12. The lowest BCUT2D eigenvalue weighted by atomic mass is 9.84. The lowest BCUT2D eigenvalue weighted by Crippen LogP contribution is -2.40. The minimum absolute atomic E-state index is 0.197. The molecule has 0 N–H and O–H groups in total. The number of imide groups is 4. The van der Waals surface area contributed by atoms with E-state index >= 15 is 0 Å². The average molecular weight is 699 g/mol. The van der Waals surface area contributed by atoms with Crippen molar-refractivity contribution < 1.29 is 38.4 Å². The van der Waals surface area contributed by atoms with Crippen LogP contribution in [0.4, 0.5) is 0 Å². The van der Waals surface area contributed by atoms with Crippen molar-refractivity contribution in [2.24, 2.45) is 0 Å². The van der Waals surface area contributed by atoms with Gasteiger partial charge in [-0.2, -0.15) is 0 Å². The van der Waals surface area contributed by atoms with E-state index in [0.717, 1.165) is 19.6 Å². The molecule has 0 radical (unpaired) electrons. The van der Waals surface area contributed by atoms with Crippen LogP contribution in [0.1, 0.15) is 82.9 Å². The van der Waals surface area contributed by atoms with E-state index in [2.05, 4.69) is 0 Å². The van der Waals surface area contributed by atoms with Gasteiger partial charge in [-0.1, -0.05) is 0 Å². The molecule has 0 saturated carbocycles. The number of amides is 8. The summed E-state index contributed by atoms with van der Waals surface area (Å²) < 4.78 is 0.887. The number of benzene rings is 4. The highest BCUT2D eigenvalue weighted by molar-refractivity contribution is 7.29. The first-order valence-corrected chi connectivity index (χ1v) is 16.9. The third-order valence-corrected chi connectivity index (χ3v) is 12.8. The van der Waals surface area contributed by atoms with Crippen LogP contribution in [-0.4, -0.2) is 95.0 Å². The van der Waals surface area contributed by atoms with Gasteiger partial charge >= 0.3 is 0 Å². The molecule has 6 heterocycles. The van der Waals surface area contributed by atoms with Crippen LogP contribution in [0.2, 0.25) is 0 Å². The number of fused-ring (bicyclic) bond motifs is 6. The summed E-state index contributed by atoms with van der Waals surface area (Å²) >= 11 is 2.42. The first kappa shape index (κ1) is 28.9. The molecule has 4 aliphatic rings. The summed E-state index contributed by atoms with van der Waals surface area (Å²) in [4.78, 5) is 114. The predicted octanol–water partition coefficient (Wildman–Crippen LogP) is 4.99. The topological polar surface area (TPSA) is 150 Å². The maximum absolute atomic E-state index is 13.8. The van der Waals surface area contributed by atoms with Crippen LogP contribution in [0, 0.1) is 0 Å². The molecule has 0 aliphatic carbocycles. The Kier molecular flexibility index (Phi) is 5.14. The van der Waals surface area contributed by atoms with Crippen molar-refractivity contribution in [3.05, 3.63) is 80.9 Å². The zero-order valence-electron chi connectivity index (χ0n) is 26.3. The fourth-order valence-corrected chi connectivity index (χ4v) is 10.3. The minimum atomic E-state index is -0.576. The molecule has 0 atom stereocenters. The SMILES string of the molecule is CN1C(=O)c2ccc3c4c(c5sc(-c6cc7c8c9c(ccc%10c9c(c7s6)C(=O)N(C)C%10=O)C(=O)N(C)C8=O)cc5c(c24)C1=O)C(=O)N(C)C3=O. The number of thiophene rings is 2. The Bertz CT molecular complexity index is 2510. The van der Waals surface area contributed by atoms with Crippen LogP contribution in [0.15, 0.2) is 36.4 Å². The van der Waals surface area contributed by atoms with Crippen molar-refractivity contribution >= 4 is 112 Å². The highest BCUT2D eigenvalue weighted by atomic mass is 32.1. The van der Waals surface area contributed by atoms with E-state index in [1.54, 1.807) is 12.1 Å². The summed E-state index contributed by atoms with van der Waals surface area (Å²) in [6, 6.07) is 9.52. The minimum Gasteiger partial charge on any atom is -0.277 e. The molecule has 0 bridgehead atoms. The smallest absolute Gasteiger partial charge is 0.262 e. The molecular weight excluding hydrogens is 681 g/mol. The van der Waals surface area contributed by atoms with Crippen molar-refractivity contribution in [1.29, 1.82) is 0 Å². The first-order chi connectivity index (χ1) is 23.8. The first-order valence-electron chi connectivity index (χ1n) is 15.3. The van der Waals surface area contributed by atoms with Gasteiger partial charge in [0.15, 0.2) is 0 Å². The van der Waals surface area contributed by atoms with E-state index in [0.29, 0.717) is 29.9 Å². The Labute approximate surface area is 287 Å². The quantitative estimate of drug-likeness (QED) is 0.218. The summed E-state index contributed by atoms with van der Waals surface area (Å²) in [6.45, 7) is 0. The van der Waals surface area contributed by atoms with Crippen LogP contribution >= 0.6 is 22.7 Å². The molecule has 4 aromatic carbocycles. The second kappa shape index (κ2) is 8.91. The fourth-order valence-electron chi connectivity index (χ4n) is 7.84. The molecule has 0 unspecified atom stereocenters. The molecule has 2 aromatic heterocycles. The summed E-state index contributed by atoms with van der Waals surface area (Å²) in [5.74, 6) is -4.49. The van der Waals surface area contributed by atoms with Gasteiger partial charge in [0, 0.05) is 102 Å². The zero-order chi connectivity index (χ0) is 35.0. The molecule has 8 amide bonds. The van der Waals surface area contributed by atoms with Crippen LogP contribution in [0.3, 0.4) is 0 Å². The van der Waals surface area contributed by atoms with Crippen LogP contribution in [0.5, 0.6) is 0 Å². The van der Waals surface area contributed by atoms with Gasteiger partial charge in [0.1, 0.15) is 0 Å². The van der Waals surface area contributed by atoms with Crippen LogP contribution < -0.4 is 0 Å². The monoisotopic (exact) mass is 698 g/mol. The Balaban J connectivity index is 1.35. The highest BCUT2D eigenvalue weighted by Gasteiger charge is 2.43.